The van der Waals surface area contributed by atoms with Crippen molar-refractivity contribution in [1.82, 2.24) is 10.2 Å². The molecule has 0 amide bonds. The molecular weight excluding hydrogens is 280 g/mol. The van der Waals surface area contributed by atoms with Crippen LogP contribution in [0.5, 0.6) is 0 Å². The van der Waals surface area contributed by atoms with E-state index < -0.39 is 0 Å². The Morgan fingerprint density at radius 1 is 1.48 bits per heavy atom. The van der Waals surface area contributed by atoms with Gasteiger partial charge in [0.1, 0.15) is 0 Å². The molecule has 3 nitrogen and oxygen atoms in total. The van der Waals surface area contributed by atoms with Crippen molar-refractivity contribution in [3.05, 3.63) is 21.4 Å². The first-order chi connectivity index (χ1) is 9.99. The SMILES string of the molecule is COC1CN(Cc2cc(CNC(C)C)sc2C)CCC1C. The van der Waals surface area contributed by atoms with Crippen LogP contribution in [0.1, 0.15) is 42.5 Å². The van der Waals surface area contributed by atoms with Crippen LogP contribution in [0.2, 0.25) is 0 Å². The number of piperidine rings is 1. The van der Waals surface area contributed by atoms with Gasteiger partial charge in [0.15, 0.2) is 0 Å². The third-order valence-electron chi connectivity index (χ3n) is 4.43. The maximum Gasteiger partial charge on any atom is 0.0724 e. The van der Waals surface area contributed by atoms with E-state index in [-0.39, 0.29) is 0 Å². The van der Waals surface area contributed by atoms with Gasteiger partial charge in [-0.2, -0.15) is 0 Å². The molecule has 4 heteroatoms. The number of methoxy groups -OCH3 is 1. The van der Waals surface area contributed by atoms with Gasteiger partial charge < -0.3 is 10.1 Å². The van der Waals surface area contributed by atoms with Crippen LogP contribution < -0.4 is 5.32 Å². The van der Waals surface area contributed by atoms with Gasteiger partial charge in [-0.1, -0.05) is 20.8 Å². The number of hydrogen-bond acceptors (Lipinski definition) is 4. The van der Waals surface area contributed by atoms with Crippen LogP contribution in [0.15, 0.2) is 6.07 Å². The number of thiophene rings is 1. The van der Waals surface area contributed by atoms with E-state index in [9.17, 15) is 0 Å². The number of ether oxygens (including phenoxy) is 1. The average molecular weight is 311 g/mol. The Balaban J connectivity index is 1.93. The third kappa shape index (κ3) is 4.78. The van der Waals surface area contributed by atoms with Crippen molar-refractivity contribution in [3.8, 4) is 0 Å². The summed E-state index contributed by atoms with van der Waals surface area (Å²) in [6.45, 7) is 13.2. The fourth-order valence-corrected chi connectivity index (χ4v) is 3.93. The number of rotatable bonds is 6. The summed E-state index contributed by atoms with van der Waals surface area (Å²) in [6, 6.07) is 2.93. The minimum atomic E-state index is 0.389. The maximum absolute atomic E-state index is 5.62. The number of nitrogens with one attached hydrogen (secondary N) is 1. The Bertz CT molecular complexity index is 444. The first-order valence-electron chi connectivity index (χ1n) is 8.06. The Hall–Kier alpha value is -0.420. The molecule has 2 rings (SSSR count). The summed E-state index contributed by atoms with van der Waals surface area (Å²) in [5.41, 5.74) is 1.49. The van der Waals surface area contributed by atoms with Crippen molar-refractivity contribution in [2.75, 3.05) is 20.2 Å². The van der Waals surface area contributed by atoms with Gasteiger partial charge >= 0.3 is 0 Å². The smallest absolute Gasteiger partial charge is 0.0724 e. The van der Waals surface area contributed by atoms with Gasteiger partial charge in [-0.05, 0) is 37.4 Å². The maximum atomic E-state index is 5.62. The molecule has 1 aromatic rings. The van der Waals surface area contributed by atoms with Gasteiger partial charge in [0.05, 0.1) is 6.10 Å². The van der Waals surface area contributed by atoms with Crippen molar-refractivity contribution in [1.29, 1.82) is 0 Å². The summed E-state index contributed by atoms with van der Waals surface area (Å²) in [4.78, 5) is 5.45. The molecule has 2 heterocycles. The van der Waals surface area contributed by atoms with Crippen molar-refractivity contribution in [2.24, 2.45) is 5.92 Å². The molecule has 2 unspecified atom stereocenters. The van der Waals surface area contributed by atoms with Crippen LogP contribution in [0.25, 0.3) is 0 Å². The van der Waals surface area contributed by atoms with Crippen LogP contribution in [0.4, 0.5) is 0 Å². The average Bonchev–Trinajstić information content (AvgIpc) is 2.79. The fraction of sp³-hybridized carbons (Fsp3) is 0.765. The molecule has 1 N–H and O–H groups in total. The molecule has 0 saturated carbocycles. The highest BCUT2D eigenvalue weighted by Gasteiger charge is 2.26. The molecule has 0 spiro atoms. The lowest BCUT2D eigenvalue weighted by Gasteiger charge is -2.36. The van der Waals surface area contributed by atoms with Crippen molar-refractivity contribution in [3.63, 3.8) is 0 Å². The van der Waals surface area contributed by atoms with Crippen molar-refractivity contribution in [2.45, 2.75) is 59.4 Å². The van der Waals surface area contributed by atoms with E-state index >= 15 is 0 Å². The molecule has 1 aliphatic rings. The number of nitrogens with zero attached hydrogens (tertiary/aromatic N) is 1. The number of hydrogen-bond donors (Lipinski definition) is 1. The zero-order chi connectivity index (χ0) is 15.4. The quantitative estimate of drug-likeness (QED) is 0.871. The first-order valence-corrected chi connectivity index (χ1v) is 8.88. The second kappa shape index (κ2) is 7.73. The standard InChI is InChI=1S/C17H30N2OS/c1-12(2)18-9-16-8-15(14(4)21-16)10-19-7-6-13(3)17(11-19)20-5/h8,12-13,17-18H,6-7,9-11H2,1-5H3. The topological polar surface area (TPSA) is 24.5 Å². The number of likely N-dealkylation sites (tertiary alicyclic amines) is 1. The summed E-state index contributed by atoms with van der Waals surface area (Å²) in [7, 11) is 1.84. The zero-order valence-electron chi connectivity index (χ0n) is 14.1. The van der Waals surface area contributed by atoms with E-state index in [0.29, 0.717) is 18.1 Å². The molecule has 1 saturated heterocycles. The highest BCUT2D eigenvalue weighted by Crippen LogP contribution is 2.26. The second-order valence-electron chi connectivity index (χ2n) is 6.60. The summed E-state index contributed by atoms with van der Waals surface area (Å²) in [5.74, 6) is 0.681. The van der Waals surface area contributed by atoms with Gasteiger partial charge in [-0.15, -0.1) is 11.3 Å². The predicted molar refractivity (Wildman–Crippen MR) is 90.9 cm³/mol. The first kappa shape index (κ1) is 16.9. The van der Waals surface area contributed by atoms with Gasteiger partial charge in [0, 0.05) is 42.5 Å². The minimum Gasteiger partial charge on any atom is -0.380 e. The van der Waals surface area contributed by atoms with Crippen LogP contribution in [-0.4, -0.2) is 37.2 Å². The summed E-state index contributed by atoms with van der Waals surface area (Å²) in [5, 5.41) is 3.50. The van der Waals surface area contributed by atoms with E-state index in [0.717, 1.165) is 19.6 Å². The monoisotopic (exact) mass is 310 g/mol. The van der Waals surface area contributed by atoms with Gasteiger partial charge in [0.2, 0.25) is 0 Å². The Morgan fingerprint density at radius 3 is 2.90 bits per heavy atom. The lowest BCUT2D eigenvalue weighted by atomic mass is 9.95. The Kier molecular flexibility index (Phi) is 6.23. The van der Waals surface area contributed by atoms with Crippen LogP contribution >= 0.6 is 11.3 Å². The van der Waals surface area contributed by atoms with Crippen molar-refractivity contribution < 1.29 is 4.74 Å². The molecule has 1 fully saturated rings. The van der Waals surface area contributed by atoms with Crippen molar-refractivity contribution >= 4 is 11.3 Å². The normalized spacial score (nSPS) is 23.9. The highest BCUT2D eigenvalue weighted by atomic mass is 32.1. The molecule has 0 bridgehead atoms. The molecule has 21 heavy (non-hydrogen) atoms. The van der Waals surface area contributed by atoms with E-state index in [1.807, 2.05) is 18.4 Å². The largest absolute Gasteiger partial charge is 0.380 e. The molecule has 0 aliphatic carbocycles. The molecule has 120 valence electrons. The van der Waals surface area contributed by atoms with Crippen LogP contribution in [0.3, 0.4) is 0 Å². The van der Waals surface area contributed by atoms with Gasteiger partial charge in [0.25, 0.3) is 0 Å². The van der Waals surface area contributed by atoms with E-state index in [1.54, 1.807) is 0 Å². The van der Waals surface area contributed by atoms with Crippen LogP contribution in [-0.2, 0) is 17.8 Å². The zero-order valence-corrected chi connectivity index (χ0v) is 14.9. The Morgan fingerprint density at radius 2 is 2.24 bits per heavy atom. The number of aryl methyl sites for hydroxylation is 1. The third-order valence-corrected chi connectivity index (χ3v) is 5.52. The highest BCUT2D eigenvalue weighted by molar-refractivity contribution is 7.12. The molecular formula is C17H30N2OS. The summed E-state index contributed by atoms with van der Waals surface area (Å²) >= 11 is 1.93. The van der Waals surface area contributed by atoms with E-state index in [4.69, 9.17) is 4.74 Å². The molecule has 2 atom stereocenters. The molecule has 1 aliphatic heterocycles. The fourth-order valence-electron chi connectivity index (χ4n) is 2.93. The van der Waals surface area contributed by atoms with Gasteiger partial charge in [-0.25, -0.2) is 0 Å². The van der Waals surface area contributed by atoms with E-state index in [2.05, 4.69) is 44.0 Å². The Labute approximate surface area is 133 Å². The lowest BCUT2D eigenvalue weighted by Crippen LogP contribution is -2.43. The predicted octanol–water partition coefficient (Wildman–Crippen LogP) is 3.41. The second-order valence-corrected chi connectivity index (χ2v) is 7.95. The lowest BCUT2D eigenvalue weighted by molar-refractivity contribution is -0.00746. The minimum absolute atomic E-state index is 0.389. The molecule has 0 aromatic carbocycles. The summed E-state index contributed by atoms with van der Waals surface area (Å²) in [6.07, 6.45) is 1.63. The van der Waals surface area contributed by atoms with Crippen LogP contribution in [0, 0.1) is 12.8 Å². The summed E-state index contributed by atoms with van der Waals surface area (Å²) < 4.78 is 5.62. The molecule has 0 radical (unpaired) electrons. The molecule has 1 aromatic heterocycles. The van der Waals surface area contributed by atoms with E-state index in [1.165, 1.54) is 28.3 Å². The van der Waals surface area contributed by atoms with Gasteiger partial charge in [-0.3, -0.25) is 4.90 Å².